The zero-order chi connectivity index (χ0) is 54.9. The number of carbonyl (C=O) groups is 2. The van der Waals surface area contributed by atoms with Gasteiger partial charge in [-0.15, -0.1) is 0 Å². The third-order valence-electron chi connectivity index (χ3n) is 20.9. The molecule has 4 saturated carbocycles. The summed E-state index contributed by atoms with van der Waals surface area (Å²) in [5.74, 6) is -1.90. The molecular weight excluding hydrogens is 985 g/mol. The van der Waals surface area contributed by atoms with E-state index in [4.69, 9.17) is 37.9 Å². The summed E-state index contributed by atoms with van der Waals surface area (Å²) >= 11 is 0. The molecule has 0 amide bonds. The molecule has 0 aromatic heterocycles. The second kappa shape index (κ2) is 20.3. The van der Waals surface area contributed by atoms with Gasteiger partial charge in [-0.2, -0.15) is 0 Å². The molecule has 4 aliphatic heterocycles. The van der Waals surface area contributed by atoms with Gasteiger partial charge in [-0.3, -0.25) is 9.59 Å². The van der Waals surface area contributed by atoms with Crippen LogP contribution in [0.2, 0.25) is 0 Å². The molecule has 0 aromatic carbocycles. The molecule has 21 heteroatoms. The van der Waals surface area contributed by atoms with E-state index in [0.29, 0.717) is 32.1 Å². The van der Waals surface area contributed by atoms with Crippen molar-refractivity contribution in [3.63, 3.8) is 0 Å². The highest BCUT2D eigenvalue weighted by Crippen LogP contribution is 2.76. The number of Topliss-reactive ketones (excluding diaryl/α,β-unsaturated/α-hetero) is 1. The van der Waals surface area contributed by atoms with Crippen LogP contribution in [0.5, 0.6) is 0 Å². The van der Waals surface area contributed by atoms with E-state index in [2.05, 4.69) is 54.5 Å². The molecule has 3 saturated heterocycles. The van der Waals surface area contributed by atoms with Crippen molar-refractivity contribution in [3.05, 3.63) is 23.2 Å². The Labute approximate surface area is 438 Å². The predicted octanol–water partition coefficient (Wildman–Crippen LogP) is 1.83. The molecule has 9 aliphatic rings. The summed E-state index contributed by atoms with van der Waals surface area (Å²) in [6.45, 7) is 17.1. The molecule has 21 nitrogen and oxygen atoms in total. The number of carboxylic acids is 1. The summed E-state index contributed by atoms with van der Waals surface area (Å²) in [6, 6.07) is 0. The van der Waals surface area contributed by atoms with Crippen LogP contribution in [-0.2, 0) is 47.5 Å². The number of hydrogen-bond acceptors (Lipinski definition) is 20. The molecule has 5 aliphatic carbocycles. The van der Waals surface area contributed by atoms with Crippen molar-refractivity contribution >= 4 is 11.8 Å². The van der Waals surface area contributed by atoms with Gasteiger partial charge < -0.3 is 94.1 Å². The molecule has 4 heterocycles. The van der Waals surface area contributed by atoms with Gasteiger partial charge in [0.1, 0.15) is 78.3 Å². The largest absolute Gasteiger partial charge is 0.502 e. The molecule has 75 heavy (non-hydrogen) atoms. The summed E-state index contributed by atoms with van der Waals surface area (Å²) < 4.78 is 49.4. The number of fused-ring (bicyclic) bond motifs is 7. The van der Waals surface area contributed by atoms with E-state index in [1.165, 1.54) is 19.4 Å². The fraction of sp³-hybridized carbons (Fsp3) is 0.889. The average Bonchev–Trinajstić information content (AvgIpc) is 3.33. The van der Waals surface area contributed by atoms with Gasteiger partial charge in [0.15, 0.2) is 24.6 Å². The summed E-state index contributed by atoms with van der Waals surface area (Å²) in [7, 11) is 0. The Morgan fingerprint density at radius 1 is 0.680 bits per heavy atom. The molecular formula is C54H84O21. The van der Waals surface area contributed by atoms with E-state index in [1.807, 2.05) is 0 Å². The fourth-order valence-corrected chi connectivity index (χ4v) is 16.4. The molecule has 0 radical (unpaired) electrons. The summed E-state index contributed by atoms with van der Waals surface area (Å²) in [5.41, 5.74) is -1.84. The zero-order valence-corrected chi connectivity index (χ0v) is 44.7. The van der Waals surface area contributed by atoms with E-state index in [1.54, 1.807) is 0 Å². The highest BCUT2D eigenvalue weighted by atomic mass is 16.8. The number of ketones is 1. The summed E-state index contributed by atoms with van der Waals surface area (Å²) in [5, 5.41) is 119. The van der Waals surface area contributed by atoms with Crippen LogP contribution in [0, 0.1) is 50.2 Å². The lowest BCUT2D eigenvalue weighted by Crippen LogP contribution is -2.68. The topological polar surface area (TPSA) is 331 Å². The Bertz CT molecular complexity index is 2200. The van der Waals surface area contributed by atoms with Crippen molar-refractivity contribution in [1.82, 2.24) is 0 Å². The Hall–Kier alpha value is -2.42. The molecule has 426 valence electrons. The quantitative estimate of drug-likeness (QED) is 0.104. The molecule has 2 unspecified atom stereocenters. The van der Waals surface area contributed by atoms with Gasteiger partial charge in [0.2, 0.25) is 12.1 Å². The van der Waals surface area contributed by atoms with Crippen LogP contribution in [0.1, 0.15) is 127 Å². The number of carbonyl (C=O) groups excluding carboxylic acids is 1. The number of aliphatic hydroxyl groups is 10. The first-order chi connectivity index (χ1) is 35.0. The van der Waals surface area contributed by atoms with Crippen LogP contribution >= 0.6 is 0 Å². The van der Waals surface area contributed by atoms with E-state index in [-0.39, 0.29) is 51.6 Å². The van der Waals surface area contributed by atoms with Crippen LogP contribution in [0.4, 0.5) is 0 Å². The molecule has 7 fully saturated rings. The highest BCUT2D eigenvalue weighted by molar-refractivity contribution is 5.94. The van der Waals surface area contributed by atoms with Crippen LogP contribution in [0.3, 0.4) is 0 Å². The third-order valence-corrected chi connectivity index (χ3v) is 20.9. The number of hydrogen-bond donors (Lipinski definition) is 11. The van der Waals surface area contributed by atoms with Crippen LogP contribution in [0.25, 0.3) is 0 Å². The maximum absolute atomic E-state index is 13.9. The first kappa shape index (κ1) is 57.3. The number of aliphatic hydroxyl groups excluding tert-OH is 10. The number of ether oxygens (including phenoxy) is 8. The van der Waals surface area contributed by atoms with Crippen molar-refractivity contribution in [1.29, 1.82) is 0 Å². The third kappa shape index (κ3) is 9.15. The second-order valence-electron chi connectivity index (χ2n) is 25.8. The van der Waals surface area contributed by atoms with Crippen LogP contribution < -0.4 is 0 Å². The number of rotatable bonds is 11. The van der Waals surface area contributed by atoms with Crippen molar-refractivity contribution in [2.24, 2.45) is 50.2 Å². The molecule has 25 atom stereocenters. The minimum absolute atomic E-state index is 0.0559. The van der Waals surface area contributed by atoms with Gasteiger partial charge in [-0.05, 0) is 116 Å². The van der Waals surface area contributed by atoms with Gasteiger partial charge in [-0.25, -0.2) is 0 Å². The lowest BCUT2D eigenvalue weighted by Gasteiger charge is -2.71. The molecule has 0 aromatic rings. The van der Waals surface area contributed by atoms with E-state index < -0.39 is 152 Å². The lowest BCUT2D eigenvalue weighted by atomic mass is 9.33. The Morgan fingerprint density at radius 2 is 1.28 bits per heavy atom. The van der Waals surface area contributed by atoms with Crippen molar-refractivity contribution in [2.75, 3.05) is 13.2 Å². The smallest absolute Gasteiger partial charge is 0.312 e. The second-order valence-corrected chi connectivity index (χ2v) is 25.8. The van der Waals surface area contributed by atoms with Crippen molar-refractivity contribution in [2.45, 2.75) is 237 Å². The number of aliphatic carboxylic acids is 1. The monoisotopic (exact) mass is 1070 g/mol. The first-order valence-electron chi connectivity index (χ1n) is 27.1. The maximum atomic E-state index is 13.9. The van der Waals surface area contributed by atoms with Crippen molar-refractivity contribution < 1.29 is 104 Å². The predicted molar refractivity (Wildman–Crippen MR) is 259 cm³/mol. The first-order valence-corrected chi connectivity index (χ1v) is 27.1. The maximum Gasteiger partial charge on any atom is 0.312 e. The Morgan fingerprint density at radius 3 is 1.87 bits per heavy atom. The molecule has 9 rings (SSSR count). The summed E-state index contributed by atoms with van der Waals surface area (Å²) in [6.07, 6.45) is -18.7. The van der Waals surface area contributed by atoms with Crippen LogP contribution in [-0.4, -0.2) is 192 Å². The molecule has 11 N–H and O–H groups in total. The van der Waals surface area contributed by atoms with Gasteiger partial charge in [0, 0.05) is 0 Å². The average molecular weight is 1070 g/mol. The number of allylic oxidation sites excluding steroid dienone is 4. The Kier molecular flexibility index (Phi) is 15.5. The normalized spacial score (nSPS) is 51.6. The molecule has 0 bridgehead atoms. The van der Waals surface area contributed by atoms with E-state index >= 15 is 0 Å². The highest BCUT2D eigenvalue weighted by Gasteiger charge is 2.71. The van der Waals surface area contributed by atoms with E-state index in [0.717, 1.165) is 25.7 Å². The minimum atomic E-state index is -1.87. The van der Waals surface area contributed by atoms with E-state index in [9.17, 15) is 65.8 Å². The molecule has 0 spiro atoms. The van der Waals surface area contributed by atoms with Crippen molar-refractivity contribution in [3.8, 4) is 0 Å². The summed E-state index contributed by atoms with van der Waals surface area (Å²) in [4.78, 5) is 26.7. The zero-order valence-electron chi connectivity index (χ0n) is 44.7. The van der Waals surface area contributed by atoms with Crippen LogP contribution in [0.15, 0.2) is 23.2 Å². The van der Waals surface area contributed by atoms with Gasteiger partial charge in [0.05, 0.1) is 37.9 Å². The fourth-order valence-electron chi connectivity index (χ4n) is 16.4. The van der Waals surface area contributed by atoms with Gasteiger partial charge >= 0.3 is 5.97 Å². The van der Waals surface area contributed by atoms with Gasteiger partial charge in [0.25, 0.3) is 0 Å². The number of carboxylic acid groups (broad SMARTS) is 1. The van der Waals surface area contributed by atoms with Gasteiger partial charge in [-0.1, -0.05) is 60.1 Å². The standard InChI is InChI=1S/C54H84O21/c1-23-35(58)27(57)18-34(68-23)72-33-20-49(3,4)19-26-25-10-11-31-51(7)14-13-32(50(5,6)30(51)12-15-53(31,9)52(25,8)16-17-54(26,33)48(66)67)73-46-43(40(63)37(60)28(21-55)70-46)75-47-44(41(64)38(61)29(22-56)71-47)74-45-42(65)39(62)36(59)24(2)69-45/h10,24,26,28-34,36-47,55-56,58-65H,11-22H2,1-9H3,(H,66,67)/t24-,26-,28+,29+,30-,31+,32-,33?,34?,36-,37+,38+,39+,40-,41-,42+,43+,44+,45-,46-,47-,51-,52+,53+,54-/m0/s1. The Balaban J connectivity index is 0.973. The lowest BCUT2D eigenvalue weighted by molar-refractivity contribution is -0.397. The minimum Gasteiger partial charge on any atom is -0.502 e. The SMILES string of the molecule is CC1=C(O)C(=O)CC(OC2CC(C)(C)C[C@H]3C4=CC[C@@H]5[C@@]6(C)CC[C@H](O[C@@H]7O[C@H](CO)[C@@H](O)[C@H](O)[C@H]7O[C@@H]7O[C@H](CO)[C@@H](O)[C@H](O)[C@H]7O[C@@H]7O[C@@H](C)[C@H](O)[C@@H](O)[C@H]7O)C(C)(C)[C@@H]6CC[C@@]5(C)[C@]4(C)CC[C@@]23C(=O)O)O1.